The number of benzene rings is 1. The number of hydrogen-bond acceptors (Lipinski definition) is 1. The van der Waals surface area contributed by atoms with E-state index in [0.717, 1.165) is 31.5 Å². The molecule has 1 atom stereocenters. The second-order valence-electron chi connectivity index (χ2n) is 5.46. The average molecular weight is 235 g/mol. The first kappa shape index (κ1) is 12.6. The van der Waals surface area contributed by atoms with Crippen molar-refractivity contribution in [3.8, 4) is 0 Å². The molecule has 1 aromatic carbocycles. The number of alkyl halides is 1. The first-order valence-electron chi connectivity index (χ1n) is 6.55. The first-order valence-corrected chi connectivity index (χ1v) is 6.55. The third-order valence-corrected chi connectivity index (χ3v) is 3.78. The van der Waals surface area contributed by atoms with Crippen molar-refractivity contribution in [3.63, 3.8) is 0 Å². The van der Waals surface area contributed by atoms with Gasteiger partial charge < -0.3 is 5.32 Å². The van der Waals surface area contributed by atoms with Crippen molar-refractivity contribution in [1.82, 2.24) is 5.32 Å². The first-order chi connectivity index (χ1) is 8.08. The number of piperidine rings is 1. The molecule has 0 aliphatic carbocycles. The van der Waals surface area contributed by atoms with Crippen LogP contribution in [0, 0.1) is 12.8 Å². The minimum atomic E-state index is -1.18. The fourth-order valence-electron chi connectivity index (χ4n) is 2.65. The lowest BCUT2D eigenvalue weighted by Gasteiger charge is -2.29. The lowest BCUT2D eigenvalue weighted by atomic mass is 9.83. The van der Waals surface area contributed by atoms with Crippen molar-refractivity contribution in [2.75, 3.05) is 13.1 Å². The molecule has 2 heteroatoms. The molecular weight excluding hydrogens is 213 g/mol. The highest BCUT2D eigenvalue weighted by Gasteiger charge is 2.30. The van der Waals surface area contributed by atoms with E-state index in [1.54, 1.807) is 6.92 Å². The molecule has 1 N–H and O–H groups in total. The number of hydrogen-bond donors (Lipinski definition) is 1. The Balaban J connectivity index is 2.04. The van der Waals surface area contributed by atoms with Crippen LogP contribution in [-0.2, 0) is 5.67 Å². The molecule has 0 bridgehead atoms. The third kappa shape index (κ3) is 3.29. The van der Waals surface area contributed by atoms with E-state index in [-0.39, 0.29) is 0 Å². The molecule has 1 saturated heterocycles. The van der Waals surface area contributed by atoms with Gasteiger partial charge in [0.2, 0.25) is 0 Å². The Bertz CT molecular complexity index is 350. The summed E-state index contributed by atoms with van der Waals surface area (Å²) in [4.78, 5) is 0. The molecule has 0 amide bonds. The van der Waals surface area contributed by atoms with E-state index in [4.69, 9.17) is 0 Å². The van der Waals surface area contributed by atoms with Crippen molar-refractivity contribution in [2.45, 2.75) is 38.8 Å². The molecular formula is C15H22FN. The van der Waals surface area contributed by atoms with Gasteiger partial charge in [0.25, 0.3) is 0 Å². The van der Waals surface area contributed by atoms with Gasteiger partial charge in [-0.1, -0.05) is 29.8 Å². The van der Waals surface area contributed by atoms with Gasteiger partial charge in [0, 0.05) is 0 Å². The summed E-state index contributed by atoms with van der Waals surface area (Å²) in [7, 11) is 0. The molecule has 1 fully saturated rings. The van der Waals surface area contributed by atoms with Gasteiger partial charge in [-0.2, -0.15) is 0 Å². The fraction of sp³-hybridized carbons (Fsp3) is 0.600. The van der Waals surface area contributed by atoms with Gasteiger partial charge in [0.05, 0.1) is 0 Å². The molecule has 0 saturated carbocycles. The van der Waals surface area contributed by atoms with Gasteiger partial charge in [0.15, 0.2) is 0 Å². The Hall–Kier alpha value is -0.890. The zero-order chi connectivity index (χ0) is 12.3. The van der Waals surface area contributed by atoms with Crippen LogP contribution in [0.3, 0.4) is 0 Å². The molecule has 1 unspecified atom stereocenters. The van der Waals surface area contributed by atoms with Crippen LogP contribution in [0.15, 0.2) is 24.3 Å². The monoisotopic (exact) mass is 235 g/mol. The SMILES string of the molecule is Cc1ccc(C(C)(F)CC2CCNCC2)cc1. The Morgan fingerprint density at radius 3 is 2.41 bits per heavy atom. The Labute approximate surface area is 103 Å². The van der Waals surface area contributed by atoms with E-state index < -0.39 is 5.67 Å². The standard InChI is InChI=1S/C15H22FN/c1-12-3-5-14(6-4-12)15(2,16)11-13-7-9-17-10-8-13/h3-6,13,17H,7-11H2,1-2H3. The van der Waals surface area contributed by atoms with E-state index >= 15 is 0 Å². The highest BCUT2D eigenvalue weighted by molar-refractivity contribution is 5.26. The lowest BCUT2D eigenvalue weighted by molar-refractivity contribution is 0.132. The second kappa shape index (κ2) is 5.18. The predicted octanol–water partition coefficient (Wildman–Crippen LogP) is 3.57. The van der Waals surface area contributed by atoms with E-state index in [1.165, 1.54) is 5.56 Å². The summed E-state index contributed by atoms with van der Waals surface area (Å²) in [5.74, 6) is 0.521. The maximum Gasteiger partial charge on any atom is 0.133 e. The van der Waals surface area contributed by atoms with Gasteiger partial charge in [-0.15, -0.1) is 0 Å². The Morgan fingerprint density at radius 1 is 1.24 bits per heavy atom. The molecule has 0 aromatic heterocycles. The smallest absolute Gasteiger partial charge is 0.133 e. The van der Waals surface area contributed by atoms with E-state index in [0.29, 0.717) is 12.3 Å². The summed E-state index contributed by atoms with van der Waals surface area (Å²) in [6.07, 6.45) is 2.86. The van der Waals surface area contributed by atoms with Gasteiger partial charge >= 0.3 is 0 Å². The zero-order valence-electron chi connectivity index (χ0n) is 10.8. The van der Waals surface area contributed by atoms with E-state index in [1.807, 2.05) is 31.2 Å². The van der Waals surface area contributed by atoms with Crippen LogP contribution in [0.4, 0.5) is 4.39 Å². The molecule has 1 nitrogen and oxygen atoms in total. The molecule has 1 aromatic rings. The molecule has 1 aliphatic rings. The summed E-state index contributed by atoms with van der Waals surface area (Å²) in [6, 6.07) is 7.85. The fourth-order valence-corrected chi connectivity index (χ4v) is 2.65. The quantitative estimate of drug-likeness (QED) is 0.844. The molecule has 1 aliphatic heterocycles. The molecule has 1 heterocycles. The lowest BCUT2D eigenvalue weighted by Crippen LogP contribution is -2.31. The van der Waals surface area contributed by atoms with E-state index in [9.17, 15) is 4.39 Å². The van der Waals surface area contributed by atoms with Gasteiger partial charge in [-0.05, 0) is 57.7 Å². The number of halogens is 1. The van der Waals surface area contributed by atoms with Crippen LogP contribution in [0.2, 0.25) is 0 Å². The third-order valence-electron chi connectivity index (χ3n) is 3.78. The second-order valence-corrected chi connectivity index (χ2v) is 5.46. The summed E-state index contributed by atoms with van der Waals surface area (Å²) < 4.78 is 14.7. The van der Waals surface area contributed by atoms with Crippen LogP contribution in [0.25, 0.3) is 0 Å². The predicted molar refractivity (Wildman–Crippen MR) is 69.8 cm³/mol. The largest absolute Gasteiger partial charge is 0.317 e. The van der Waals surface area contributed by atoms with Crippen LogP contribution >= 0.6 is 0 Å². The Kier molecular flexibility index (Phi) is 3.82. The summed E-state index contributed by atoms with van der Waals surface area (Å²) >= 11 is 0. The molecule has 2 rings (SSSR count). The van der Waals surface area contributed by atoms with Gasteiger partial charge in [0.1, 0.15) is 5.67 Å². The highest BCUT2D eigenvalue weighted by Crippen LogP contribution is 2.35. The summed E-state index contributed by atoms with van der Waals surface area (Å²) in [5.41, 5.74) is 0.823. The van der Waals surface area contributed by atoms with Crippen LogP contribution in [0.5, 0.6) is 0 Å². The average Bonchev–Trinajstić information content (AvgIpc) is 2.30. The van der Waals surface area contributed by atoms with Crippen LogP contribution in [0.1, 0.15) is 37.3 Å². The molecule has 17 heavy (non-hydrogen) atoms. The summed E-state index contributed by atoms with van der Waals surface area (Å²) in [5, 5.41) is 3.33. The van der Waals surface area contributed by atoms with Crippen molar-refractivity contribution in [2.24, 2.45) is 5.92 Å². The Morgan fingerprint density at radius 2 is 1.82 bits per heavy atom. The maximum atomic E-state index is 14.7. The van der Waals surface area contributed by atoms with Crippen LogP contribution in [-0.4, -0.2) is 13.1 Å². The van der Waals surface area contributed by atoms with Crippen molar-refractivity contribution in [3.05, 3.63) is 35.4 Å². The van der Waals surface area contributed by atoms with Crippen molar-refractivity contribution >= 4 is 0 Å². The van der Waals surface area contributed by atoms with Crippen LogP contribution < -0.4 is 5.32 Å². The minimum absolute atomic E-state index is 0.521. The topological polar surface area (TPSA) is 12.0 Å². The van der Waals surface area contributed by atoms with Gasteiger partial charge in [-0.3, -0.25) is 0 Å². The number of aryl methyl sites for hydroxylation is 1. The summed E-state index contributed by atoms with van der Waals surface area (Å²) in [6.45, 7) is 5.83. The minimum Gasteiger partial charge on any atom is -0.317 e. The molecule has 0 spiro atoms. The van der Waals surface area contributed by atoms with Crippen molar-refractivity contribution in [1.29, 1.82) is 0 Å². The van der Waals surface area contributed by atoms with Crippen molar-refractivity contribution < 1.29 is 4.39 Å². The highest BCUT2D eigenvalue weighted by atomic mass is 19.1. The number of nitrogens with one attached hydrogen (secondary N) is 1. The zero-order valence-corrected chi connectivity index (χ0v) is 10.8. The van der Waals surface area contributed by atoms with Gasteiger partial charge in [-0.25, -0.2) is 4.39 Å². The molecule has 0 radical (unpaired) electrons. The van der Waals surface area contributed by atoms with E-state index in [2.05, 4.69) is 5.32 Å². The maximum absolute atomic E-state index is 14.7. The molecule has 94 valence electrons. The number of rotatable bonds is 3. The normalized spacial score (nSPS) is 21.1.